The van der Waals surface area contributed by atoms with E-state index in [1.807, 2.05) is 0 Å². The summed E-state index contributed by atoms with van der Waals surface area (Å²) in [5, 5.41) is 0. The molecule has 0 aromatic heterocycles. The Bertz CT molecular complexity index is 712. The molecule has 0 N–H and O–H groups in total. The fraction of sp³-hybridized carbons (Fsp3) is 0.692. The summed E-state index contributed by atoms with van der Waals surface area (Å²) in [7, 11) is 0. The number of benzene rings is 1. The fourth-order valence-electron chi connectivity index (χ4n) is 5.94. The molecule has 0 spiro atoms. The summed E-state index contributed by atoms with van der Waals surface area (Å²) in [4.78, 5) is 0. The highest BCUT2D eigenvalue weighted by Gasteiger charge is 2.29. The van der Waals surface area contributed by atoms with Crippen LogP contribution in [0, 0.1) is 29.4 Å². The molecule has 2 saturated carbocycles. The van der Waals surface area contributed by atoms with Crippen molar-refractivity contribution in [3.05, 3.63) is 35.4 Å². The second-order valence-corrected chi connectivity index (χ2v) is 9.60. The first kappa shape index (κ1) is 20.9. The molecule has 2 fully saturated rings. The van der Waals surface area contributed by atoms with E-state index < -0.39 is 11.6 Å². The van der Waals surface area contributed by atoms with E-state index in [1.54, 1.807) is 12.1 Å². The summed E-state index contributed by atoms with van der Waals surface area (Å²) >= 11 is 0. The molecular formula is C26H36F2O. The Morgan fingerprint density at radius 2 is 1.66 bits per heavy atom. The van der Waals surface area contributed by atoms with Gasteiger partial charge in [0.2, 0.25) is 5.82 Å². The standard InChI is InChI=1S/C26H36F2O/c1-2-5-18-8-10-19(11-9-18)20-12-14-21(15-13-20)23-16-17-24(26(28)25(23)27)29-22-6-3-4-7-22/h14,16-20,22H,2-13,15H2,1H3. The Morgan fingerprint density at radius 3 is 2.31 bits per heavy atom. The lowest BCUT2D eigenvalue weighted by Crippen LogP contribution is -2.23. The van der Waals surface area contributed by atoms with E-state index in [2.05, 4.69) is 13.0 Å². The van der Waals surface area contributed by atoms with Crippen LogP contribution in [0.4, 0.5) is 8.78 Å². The zero-order chi connectivity index (χ0) is 20.2. The van der Waals surface area contributed by atoms with Gasteiger partial charge in [-0.1, -0.05) is 38.7 Å². The maximum Gasteiger partial charge on any atom is 0.201 e. The largest absolute Gasteiger partial charge is 0.487 e. The molecule has 3 aliphatic rings. The van der Waals surface area contributed by atoms with Crippen molar-refractivity contribution in [2.45, 2.75) is 96.5 Å². The van der Waals surface area contributed by atoms with Crippen LogP contribution < -0.4 is 4.74 Å². The Morgan fingerprint density at radius 1 is 0.897 bits per heavy atom. The molecule has 0 radical (unpaired) electrons. The van der Waals surface area contributed by atoms with Crippen LogP contribution in [0.1, 0.15) is 96.0 Å². The molecule has 0 bridgehead atoms. The van der Waals surface area contributed by atoms with Gasteiger partial charge in [-0.05, 0) is 93.2 Å². The number of allylic oxidation sites excluding steroid dienone is 2. The number of halogens is 2. The minimum absolute atomic E-state index is 0.0387. The van der Waals surface area contributed by atoms with Gasteiger partial charge in [0.25, 0.3) is 0 Å². The Kier molecular flexibility index (Phi) is 6.92. The molecule has 0 saturated heterocycles. The third kappa shape index (κ3) is 4.86. The predicted octanol–water partition coefficient (Wildman–Crippen LogP) is 8.08. The first-order chi connectivity index (χ1) is 14.2. The first-order valence-corrected chi connectivity index (χ1v) is 12.0. The Hall–Kier alpha value is -1.38. The van der Waals surface area contributed by atoms with E-state index in [0.29, 0.717) is 5.56 Å². The van der Waals surface area contributed by atoms with E-state index in [1.165, 1.54) is 38.5 Å². The van der Waals surface area contributed by atoms with Gasteiger partial charge in [-0.25, -0.2) is 4.39 Å². The van der Waals surface area contributed by atoms with Gasteiger partial charge < -0.3 is 4.74 Å². The first-order valence-electron chi connectivity index (χ1n) is 12.0. The van der Waals surface area contributed by atoms with Crippen molar-refractivity contribution in [2.75, 3.05) is 0 Å². The maximum absolute atomic E-state index is 14.8. The van der Waals surface area contributed by atoms with Gasteiger partial charge in [0.15, 0.2) is 11.6 Å². The smallest absolute Gasteiger partial charge is 0.201 e. The summed E-state index contributed by atoms with van der Waals surface area (Å²) in [5.74, 6) is 1.02. The number of hydrogen-bond donors (Lipinski definition) is 0. The summed E-state index contributed by atoms with van der Waals surface area (Å²) < 4.78 is 35.1. The lowest BCUT2D eigenvalue weighted by Gasteiger charge is -2.35. The van der Waals surface area contributed by atoms with Crippen LogP contribution in [0.25, 0.3) is 5.57 Å². The minimum atomic E-state index is -0.813. The van der Waals surface area contributed by atoms with Gasteiger partial charge in [-0.3, -0.25) is 0 Å². The van der Waals surface area contributed by atoms with Crippen LogP contribution in [0.15, 0.2) is 18.2 Å². The maximum atomic E-state index is 14.8. The van der Waals surface area contributed by atoms with Gasteiger partial charge in [-0.2, -0.15) is 4.39 Å². The fourth-order valence-corrected chi connectivity index (χ4v) is 5.94. The molecule has 1 aromatic carbocycles. The van der Waals surface area contributed by atoms with E-state index in [-0.39, 0.29) is 11.9 Å². The summed E-state index contributed by atoms with van der Waals surface area (Å²) in [6.07, 6.45) is 17.5. The van der Waals surface area contributed by atoms with Crippen LogP contribution in [-0.2, 0) is 0 Å². The quantitative estimate of drug-likeness (QED) is 0.467. The van der Waals surface area contributed by atoms with E-state index in [4.69, 9.17) is 4.74 Å². The minimum Gasteiger partial charge on any atom is -0.487 e. The van der Waals surface area contributed by atoms with Gasteiger partial charge in [0.1, 0.15) is 0 Å². The zero-order valence-electron chi connectivity index (χ0n) is 17.9. The van der Waals surface area contributed by atoms with Crippen molar-refractivity contribution in [1.82, 2.24) is 0 Å². The van der Waals surface area contributed by atoms with E-state index in [0.717, 1.165) is 68.3 Å². The van der Waals surface area contributed by atoms with Gasteiger partial charge in [0.05, 0.1) is 6.10 Å². The van der Waals surface area contributed by atoms with Crippen molar-refractivity contribution in [3.63, 3.8) is 0 Å². The Balaban J connectivity index is 1.37. The third-order valence-corrected chi connectivity index (χ3v) is 7.70. The SMILES string of the molecule is CCCC1CCC(C2CC=C(c3ccc(OC4CCCC4)c(F)c3F)CC2)CC1. The average molecular weight is 403 g/mol. The highest BCUT2D eigenvalue weighted by molar-refractivity contribution is 5.67. The molecule has 3 aliphatic carbocycles. The monoisotopic (exact) mass is 402 g/mol. The molecular weight excluding hydrogens is 366 g/mol. The number of hydrogen-bond acceptors (Lipinski definition) is 1. The molecule has 29 heavy (non-hydrogen) atoms. The molecule has 1 atom stereocenters. The van der Waals surface area contributed by atoms with Gasteiger partial charge >= 0.3 is 0 Å². The topological polar surface area (TPSA) is 9.23 Å². The van der Waals surface area contributed by atoms with Crippen LogP contribution in [-0.4, -0.2) is 6.10 Å². The molecule has 160 valence electrons. The number of ether oxygens (including phenoxy) is 1. The van der Waals surface area contributed by atoms with Crippen molar-refractivity contribution >= 4 is 5.57 Å². The molecule has 3 heteroatoms. The highest BCUT2D eigenvalue weighted by atomic mass is 19.2. The van der Waals surface area contributed by atoms with E-state index >= 15 is 0 Å². The second-order valence-electron chi connectivity index (χ2n) is 9.60. The summed E-state index contributed by atoms with van der Waals surface area (Å²) in [6, 6.07) is 3.36. The lowest BCUT2D eigenvalue weighted by molar-refractivity contribution is 0.189. The molecule has 1 unspecified atom stereocenters. The van der Waals surface area contributed by atoms with Crippen LogP contribution in [0.3, 0.4) is 0 Å². The third-order valence-electron chi connectivity index (χ3n) is 7.70. The average Bonchev–Trinajstić information content (AvgIpc) is 3.26. The summed E-state index contributed by atoms with van der Waals surface area (Å²) in [5.41, 5.74) is 1.41. The van der Waals surface area contributed by atoms with Crippen molar-refractivity contribution in [1.29, 1.82) is 0 Å². The second kappa shape index (κ2) is 9.62. The highest BCUT2D eigenvalue weighted by Crippen LogP contribution is 2.43. The molecule has 0 aliphatic heterocycles. The number of rotatable bonds is 6. The van der Waals surface area contributed by atoms with Crippen LogP contribution in [0.2, 0.25) is 0 Å². The van der Waals surface area contributed by atoms with E-state index in [9.17, 15) is 8.78 Å². The lowest BCUT2D eigenvalue weighted by atomic mass is 9.70. The summed E-state index contributed by atoms with van der Waals surface area (Å²) in [6.45, 7) is 2.29. The molecule has 1 aromatic rings. The molecule has 1 nitrogen and oxygen atoms in total. The van der Waals surface area contributed by atoms with Crippen LogP contribution in [0.5, 0.6) is 5.75 Å². The predicted molar refractivity (Wildman–Crippen MR) is 115 cm³/mol. The van der Waals surface area contributed by atoms with Crippen molar-refractivity contribution in [2.24, 2.45) is 17.8 Å². The van der Waals surface area contributed by atoms with Crippen molar-refractivity contribution < 1.29 is 13.5 Å². The van der Waals surface area contributed by atoms with Gasteiger partial charge in [-0.15, -0.1) is 0 Å². The molecule has 0 heterocycles. The van der Waals surface area contributed by atoms with Gasteiger partial charge in [0, 0.05) is 5.56 Å². The zero-order valence-corrected chi connectivity index (χ0v) is 17.9. The molecule has 0 amide bonds. The van der Waals surface area contributed by atoms with Crippen LogP contribution >= 0.6 is 0 Å². The Labute approximate surface area is 174 Å². The van der Waals surface area contributed by atoms with Crippen molar-refractivity contribution in [3.8, 4) is 5.75 Å². The normalized spacial score (nSPS) is 28.4. The molecule has 4 rings (SSSR count).